The van der Waals surface area contributed by atoms with Gasteiger partial charge in [-0.3, -0.25) is 9.20 Å². The third-order valence-corrected chi connectivity index (χ3v) is 2.63. The fraction of sp³-hybridized carbons (Fsp3) is 0.250. The van der Waals surface area contributed by atoms with Crippen molar-refractivity contribution in [2.75, 3.05) is 0 Å². The lowest BCUT2D eigenvalue weighted by Crippen LogP contribution is -2.11. The lowest BCUT2D eigenvalue weighted by Gasteiger charge is -2.03. The Morgan fingerprint density at radius 1 is 1.60 bits per heavy atom. The second kappa shape index (κ2) is 3.58. The average molecular weight is 271 g/mol. The number of fused-ring (bicyclic) bond motifs is 1. The highest BCUT2D eigenvalue weighted by Gasteiger charge is 2.20. The number of aromatic nitrogens is 4. The van der Waals surface area contributed by atoms with E-state index in [9.17, 15) is 4.79 Å². The second-order valence-electron chi connectivity index (χ2n) is 3.03. The summed E-state index contributed by atoms with van der Waals surface area (Å²) in [7, 11) is 0. The van der Waals surface area contributed by atoms with Gasteiger partial charge in [0, 0.05) is 12.4 Å². The first kappa shape index (κ1) is 10.0. The fourth-order valence-corrected chi connectivity index (χ4v) is 1.61. The standard InChI is InChI=1S/C8H7BrN4O2/c1-4(8(14)15)6-11-12-7-5(9)10-2-3-13(6)7/h2-4H,1H3,(H,14,15). The van der Waals surface area contributed by atoms with E-state index in [1.165, 1.54) is 0 Å². The van der Waals surface area contributed by atoms with Crippen LogP contribution in [0.5, 0.6) is 0 Å². The van der Waals surface area contributed by atoms with Gasteiger partial charge in [-0.15, -0.1) is 10.2 Å². The Labute approximate surface area is 93.1 Å². The molecule has 2 aromatic heterocycles. The molecule has 0 radical (unpaired) electrons. The number of carboxylic acid groups (broad SMARTS) is 1. The van der Waals surface area contributed by atoms with E-state index in [4.69, 9.17) is 5.11 Å². The topological polar surface area (TPSA) is 80.4 Å². The summed E-state index contributed by atoms with van der Waals surface area (Å²) in [6, 6.07) is 0. The van der Waals surface area contributed by atoms with Crippen LogP contribution in [-0.4, -0.2) is 30.7 Å². The Kier molecular flexibility index (Phi) is 2.39. The van der Waals surface area contributed by atoms with Gasteiger partial charge in [0.2, 0.25) is 0 Å². The molecule has 1 atom stereocenters. The number of hydrogen-bond donors (Lipinski definition) is 1. The fourth-order valence-electron chi connectivity index (χ4n) is 1.22. The molecule has 7 heteroatoms. The molecule has 0 aromatic carbocycles. The van der Waals surface area contributed by atoms with Gasteiger partial charge in [0.1, 0.15) is 5.92 Å². The van der Waals surface area contributed by atoms with E-state index < -0.39 is 11.9 Å². The number of carbonyl (C=O) groups is 1. The third kappa shape index (κ3) is 1.58. The van der Waals surface area contributed by atoms with Crippen LogP contribution < -0.4 is 0 Å². The van der Waals surface area contributed by atoms with Crippen molar-refractivity contribution in [3.05, 3.63) is 22.8 Å². The maximum Gasteiger partial charge on any atom is 0.313 e. The third-order valence-electron chi connectivity index (χ3n) is 2.07. The molecular formula is C8H7BrN4O2. The Balaban J connectivity index is 2.64. The number of carboxylic acids is 1. The van der Waals surface area contributed by atoms with Crippen LogP contribution in [0, 0.1) is 0 Å². The number of nitrogens with zero attached hydrogens (tertiary/aromatic N) is 4. The van der Waals surface area contributed by atoms with Crippen LogP contribution in [0.3, 0.4) is 0 Å². The van der Waals surface area contributed by atoms with Crippen molar-refractivity contribution in [1.29, 1.82) is 0 Å². The zero-order valence-corrected chi connectivity index (χ0v) is 9.34. The van der Waals surface area contributed by atoms with Crippen molar-refractivity contribution < 1.29 is 9.90 Å². The van der Waals surface area contributed by atoms with E-state index in [0.29, 0.717) is 16.1 Å². The van der Waals surface area contributed by atoms with Gasteiger partial charge in [-0.05, 0) is 22.9 Å². The maximum absolute atomic E-state index is 10.8. The Bertz CT molecular complexity index is 524. The van der Waals surface area contributed by atoms with Crippen molar-refractivity contribution in [1.82, 2.24) is 19.6 Å². The average Bonchev–Trinajstić information content (AvgIpc) is 2.61. The summed E-state index contributed by atoms with van der Waals surface area (Å²) < 4.78 is 2.15. The monoisotopic (exact) mass is 270 g/mol. The lowest BCUT2D eigenvalue weighted by molar-refractivity contribution is -0.138. The molecular weight excluding hydrogens is 264 g/mol. The van der Waals surface area contributed by atoms with Crippen molar-refractivity contribution in [3.63, 3.8) is 0 Å². The van der Waals surface area contributed by atoms with Gasteiger partial charge >= 0.3 is 5.97 Å². The lowest BCUT2D eigenvalue weighted by atomic mass is 10.2. The van der Waals surface area contributed by atoms with Gasteiger partial charge in [0.25, 0.3) is 0 Å². The quantitative estimate of drug-likeness (QED) is 0.883. The number of aliphatic carboxylic acids is 1. The Morgan fingerprint density at radius 2 is 2.33 bits per heavy atom. The van der Waals surface area contributed by atoms with Crippen LogP contribution in [0.1, 0.15) is 18.7 Å². The maximum atomic E-state index is 10.8. The number of hydrogen-bond acceptors (Lipinski definition) is 4. The molecule has 0 saturated heterocycles. The molecule has 0 saturated carbocycles. The Morgan fingerprint density at radius 3 is 3.00 bits per heavy atom. The van der Waals surface area contributed by atoms with Gasteiger partial charge in [0.05, 0.1) is 0 Å². The predicted octanol–water partition coefficient (Wildman–Crippen LogP) is 1.07. The summed E-state index contributed by atoms with van der Waals surface area (Å²) in [6.45, 7) is 1.56. The summed E-state index contributed by atoms with van der Waals surface area (Å²) in [4.78, 5) is 14.8. The second-order valence-corrected chi connectivity index (χ2v) is 3.78. The zero-order chi connectivity index (χ0) is 11.0. The van der Waals surface area contributed by atoms with Gasteiger partial charge in [0.15, 0.2) is 16.1 Å². The van der Waals surface area contributed by atoms with Crippen LogP contribution >= 0.6 is 15.9 Å². The summed E-state index contributed by atoms with van der Waals surface area (Å²) in [5.41, 5.74) is 0.514. The van der Waals surface area contributed by atoms with Crippen LogP contribution in [-0.2, 0) is 4.79 Å². The Hall–Kier alpha value is -1.50. The highest BCUT2D eigenvalue weighted by Crippen LogP contribution is 2.18. The smallest absolute Gasteiger partial charge is 0.313 e. The minimum atomic E-state index is -0.933. The molecule has 1 N–H and O–H groups in total. The van der Waals surface area contributed by atoms with Crippen molar-refractivity contribution in [2.45, 2.75) is 12.8 Å². The van der Waals surface area contributed by atoms with Gasteiger partial charge in [-0.25, -0.2) is 4.98 Å². The van der Waals surface area contributed by atoms with E-state index in [-0.39, 0.29) is 0 Å². The van der Waals surface area contributed by atoms with E-state index in [1.54, 1.807) is 23.7 Å². The van der Waals surface area contributed by atoms with Crippen molar-refractivity contribution in [3.8, 4) is 0 Å². The van der Waals surface area contributed by atoms with E-state index >= 15 is 0 Å². The largest absolute Gasteiger partial charge is 0.481 e. The SMILES string of the molecule is CC(C(=O)O)c1nnc2c(Br)nccn12. The molecule has 78 valence electrons. The van der Waals surface area contributed by atoms with Gasteiger partial charge in [-0.2, -0.15) is 0 Å². The van der Waals surface area contributed by atoms with Gasteiger partial charge < -0.3 is 5.11 Å². The van der Waals surface area contributed by atoms with Crippen LogP contribution in [0.15, 0.2) is 17.0 Å². The first-order valence-corrected chi connectivity index (χ1v) is 4.98. The summed E-state index contributed by atoms with van der Waals surface area (Å²) in [6.07, 6.45) is 3.19. The molecule has 0 bridgehead atoms. The first-order chi connectivity index (χ1) is 7.11. The number of halogens is 1. The molecule has 0 aliphatic heterocycles. The number of rotatable bonds is 2. The van der Waals surface area contributed by atoms with E-state index in [0.717, 1.165) is 0 Å². The predicted molar refractivity (Wildman–Crippen MR) is 54.5 cm³/mol. The molecule has 0 amide bonds. The molecule has 6 nitrogen and oxygen atoms in total. The first-order valence-electron chi connectivity index (χ1n) is 4.19. The highest BCUT2D eigenvalue weighted by atomic mass is 79.9. The molecule has 2 heterocycles. The zero-order valence-electron chi connectivity index (χ0n) is 7.75. The molecule has 0 aliphatic carbocycles. The molecule has 2 rings (SSSR count). The molecule has 1 unspecified atom stereocenters. The molecule has 15 heavy (non-hydrogen) atoms. The summed E-state index contributed by atoms with van der Waals surface area (Å²) in [5, 5.41) is 16.6. The molecule has 0 aliphatic rings. The molecule has 0 spiro atoms. The normalized spacial score (nSPS) is 12.9. The minimum absolute atomic E-state index is 0.389. The van der Waals surface area contributed by atoms with Crippen LogP contribution in [0.4, 0.5) is 0 Å². The molecule has 2 aromatic rings. The van der Waals surface area contributed by atoms with Crippen molar-refractivity contribution >= 4 is 27.5 Å². The highest BCUT2D eigenvalue weighted by molar-refractivity contribution is 9.10. The van der Waals surface area contributed by atoms with Crippen molar-refractivity contribution in [2.24, 2.45) is 0 Å². The van der Waals surface area contributed by atoms with E-state index in [1.807, 2.05) is 0 Å². The summed E-state index contributed by atoms with van der Waals surface area (Å²) >= 11 is 3.21. The van der Waals surface area contributed by atoms with E-state index in [2.05, 4.69) is 31.1 Å². The molecule has 0 fully saturated rings. The minimum Gasteiger partial charge on any atom is -0.481 e. The van der Waals surface area contributed by atoms with Gasteiger partial charge in [-0.1, -0.05) is 0 Å². The van der Waals surface area contributed by atoms with Crippen LogP contribution in [0.25, 0.3) is 5.65 Å². The summed E-state index contributed by atoms with van der Waals surface area (Å²) in [5.74, 6) is -1.24. The van der Waals surface area contributed by atoms with Crippen LogP contribution in [0.2, 0.25) is 0 Å².